The van der Waals surface area contributed by atoms with E-state index in [1.54, 1.807) is 6.20 Å². The number of hydrogen-bond donors (Lipinski definition) is 2. The quantitative estimate of drug-likeness (QED) is 0.764. The predicted octanol–water partition coefficient (Wildman–Crippen LogP) is 1.41. The van der Waals surface area contributed by atoms with Crippen LogP contribution < -0.4 is 5.73 Å². The van der Waals surface area contributed by atoms with Crippen LogP contribution in [-0.2, 0) is 0 Å². The normalized spacial score (nSPS) is 15.6. The van der Waals surface area contributed by atoms with E-state index in [1.807, 2.05) is 32.9 Å². The van der Waals surface area contributed by atoms with Crippen molar-refractivity contribution in [2.75, 3.05) is 0 Å². The van der Waals surface area contributed by atoms with Crippen LogP contribution in [0.2, 0.25) is 0 Å². The molecule has 0 aliphatic rings. The monoisotopic (exact) mass is 194 g/mol. The molecule has 0 amide bonds. The summed E-state index contributed by atoms with van der Waals surface area (Å²) in [4.78, 5) is 4.15. The molecule has 1 heterocycles. The van der Waals surface area contributed by atoms with Crippen LogP contribution in [0, 0.1) is 12.8 Å². The van der Waals surface area contributed by atoms with Crippen molar-refractivity contribution in [3.63, 3.8) is 0 Å². The zero-order valence-corrected chi connectivity index (χ0v) is 8.94. The third-order valence-corrected chi connectivity index (χ3v) is 2.37. The van der Waals surface area contributed by atoms with Crippen LogP contribution in [0.5, 0.6) is 0 Å². The zero-order chi connectivity index (χ0) is 10.7. The van der Waals surface area contributed by atoms with Crippen LogP contribution in [0.15, 0.2) is 18.3 Å². The Labute approximate surface area is 85.0 Å². The molecule has 78 valence electrons. The summed E-state index contributed by atoms with van der Waals surface area (Å²) in [5.74, 6) is 0.244. The predicted molar refractivity (Wildman–Crippen MR) is 56.7 cm³/mol. The van der Waals surface area contributed by atoms with E-state index in [-0.39, 0.29) is 12.0 Å². The van der Waals surface area contributed by atoms with Crippen molar-refractivity contribution in [3.8, 4) is 0 Å². The molecule has 1 aromatic heterocycles. The number of nitrogens with zero attached hydrogens (tertiary/aromatic N) is 1. The number of hydrogen-bond acceptors (Lipinski definition) is 3. The highest BCUT2D eigenvalue weighted by Crippen LogP contribution is 2.18. The van der Waals surface area contributed by atoms with Crippen LogP contribution in [0.4, 0.5) is 0 Å². The van der Waals surface area contributed by atoms with Crippen LogP contribution in [0.3, 0.4) is 0 Å². The second-order valence-corrected chi connectivity index (χ2v) is 4.03. The van der Waals surface area contributed by atoms with Gasteiger partial charge in [-0.15, -0.1) is 0 Å². The molecule has 0 radical (unpaired) electrons. The number of aliphatic hydroxyl groups is 1. The van der Waals surface area contributed by atoms with Gasteiger partial charge < -0.3 is 10.8 Å². The van der Waals surface area contributed by atoms with Crippen molar-refractivity contribution in [1.29, 1.82) is 0 Å². The van der Waals surface area contributed by atoms with Crippen LogP contribution in [0.1, 0.15) is 31.2 Å². The molecular formula is C11H18N2O. The van der Waals surface area contributed by atoms with E-state index in [2.05, 4.69) is 4.98 Å². The van der Waals surface area contributed by atoms with E-state index in [1.165, 1.54) is 0 Å². The number of nitrogens with two attached hydrogens (primary N) is 1. The summed E-state index contributed by atoms with van der Waals surface area (Å²) in [5.41, 5.74) is 7.57. The number of pyridine rings is 1. The highest BCUT2D eigenvalue weighted by atomic mass is 16.3. The average molecular weight is 194 g/mol. The molecule has 0 saturated heterocycles. The topological polar surface area (TPSA) is 59.1 Å². The smallest absolute Gasteiger partial charge is 0.111 e. The Morgan fingerprint density at radius 1 is 1.36 bits per heavy atom. The van der Waals surface area contributed by atoms with Gasteiger partial charge in [0.15, 0.2) is 0 Å². The minimum atomic E-state index is -0.671. The number of rotatable bonds is 3. The average Bonchev–Trinajstić information content (AvgIpc) is 2.16. The number of aliphatic hydroxyl groups excluding tert-OH is 1. The van der Waals surface area contributed by atoms with Crippen molar-refractivity contribution in [2.24, 2.45) is 11.7 Å². The first-order valence-electron chi connectivity index (χ1n) is 4.88. The standard InChI is InChI=1S/C11H18N2O/c1-7(2)10(12)11(14)9-5-4-8(3)6-13-9/h4-7,10-11,14H,12H2,1-3H3/t10-,11-/m1/s1. The van der Waals surface area contributed by atoms with Crippen molar-refractivity contribution in [3.05, 3.63) is 29.6 Å². The lowest BCUT2D eigenvalue weighted by atomic mass is 9.97. The van der Waals surface area contributed by atoms with E-state index in [0.29, 0.717) is 5.69 Å². The molecule has 0 saturated carbocycles. The maximum Gasteiger partial charge on any atom is 0.111 e. The van der Waals surface area contributed by atoms with Gasteiger partial charge in [0, 0.05) is 12.2 Å². The maximum atomic E-state index is 9.86. The van der Waals surface area contributed by atoms with Crippen molar-refractivity contribution < 1.29 is 5.11 Å². The van der Waals surface area contributed by atoms with E-state index >= 15 is 0 Å². The van der Waals surface area contributed by atoms with Crippen LogP contribution in [-0.4, -0.2) is 16.1 Å². The van der Waals surface area contributed by atoms with E-state index in [9.17, 15) is 5.11 Å². The largest absolute Gasteiger partial charge is 0.385 e. The summed E-state index contributed by atoms with van der Waals surface area (Å²) in [6, 6.07) is 3.49. The molecule has 3 N–H and O–H groups in total. The molecule has 1 rings (SSSR count). The summed E-state index contributed by atoms with van der Waals surface area (Å²) in [6.07, 6.45) is 1.07. The van der Waals surface area contributed by atoms with Gasteiger partial charge in [-0.05, 0) is 24.5 Å². The summed E-state index contributed by atoms with van der Waals surface area (Å²) < 4.78 is 0. The van der Waals surface area contributed by atoms with Crippen molar-refractivity contribution in [2.45, 2.75) is 32.9 Å². The van der Waals surface area contributed by atoms with Gasteiger partial charge >= 0.3 is 0 Å². The Balaban J connectivity index is 2.78. The molecule has 0 spiro atoms. The molecule has 3 heteroatoms. The number of aromatic nitrogens is 1. The fourth-order valence-corrected chi connectivity index (χ4v) is 1.22. The van der Waals surface area contributed by atoms with Gasteiger partial charge in [0.2, 0.25) is 0 Å². The molecule has 3 nitrogen and oxygen atoms in total. The third-order valence-electron chi connectivity index (χ3n) is 2.37. The van der Waals surface area contributed by atoms with Gasteiger partial charge in [0.1, 0.15) is 6.10 Å². The summed E-state index contributed by atoms with van der Waals surface area (Å²) >= 11 is 0. The molecule has 14 heavy (non-hydrogen) atoms. The molecule has 2 atom stereocenters. The van der Waals surface area contributed by atoms with Gasteiger partial charge in [0.05, 0.1) is 5.69 Å². The Hall–Kier alpha value is -0.930. The van der Waals surface area contributed by atoms with E-state index in [0.717, 1.165) is 5.56 Å². The second kappa shape index (κ2) is 4.53. The van der Waals surface area contributed by atoms with Gasteiger partial charge in [0.25, 0.3) is 0 Å². The summed E-state index contributed by atoms with van der Waals surface area (Å²) in [5, 5.41) is 9.86. The van der Waals surface area contributed by atoms with Crippen molar-refractivity contribution in [1.82, 2.24) is 4.98 Å². The Morgan fingerprint density at radius 2 is 2.00 bits per heavy atom. The Kier molecular flexibility index (Phi) is 3.61. The molecule has 0 unspecified atom stereocenters. The van der Waals surface area contributed by atoms with Crippen molar-refractivity contribution >= 4 is 0 Å². The zero-order valence-electron chi connectivity index (χ0n) is 8.94. The lowest BCUT2D eigenvalue weighted by molar-refractivity contribution is 0.121. The fraction of sp³-hybridized carbons (Fsp3) is 0.545. The first-order valence-corrected chi connectivity index (χ1v) is 4.88. The molecule has 0 fully saturated rings. The van der Waals surface area contributed by atoms with Gasteiger partial charge in [-0.1, -0.05) is 19.9 Å². The van der Waals surface area contributed by atoms with Crippen LogP contribution >= 0.6 is 0 Å². The second-order valence-electron chi connectivity index (χ2n) is 4.03. The Morgan fingerprint density at radius 3 is 2.43 bits per heavy atom. The minimum Gasteiger partial charge on any atom is -0.385 e. The third kappa shape index (κ3) is 2.53. The molecule has 0 aromatic carbocycles. The lowest BCUT2D eigenvalue weighted by Gasteiger charge is -2.21. The molecule has 0 aliphatic heterocycles. The maximum absolute atomic E-state index is 9.86. The van der Waals surface area contributed by atoms with Gasteiger partial charge in [-0.2, -0.15) is 0 Å². The first kappa shape index (κ1) is 11.1. The van der Waals surface area contributed by atoms with E-state index in [4.69, 9.17) is 5.73 Å². The minimum absolute atomic E-state index is 0.244. The lowest BCUT2D eigenvalue weighted by Crippen LogP contribution is -2.33. The first-order chi connectivity index (χ1) is 6.52. The van der Waals surface area contributed by atoms with Crippen LogP contribution in [0.25, 0.3) is 0 Å². The van der Waals surface area contributed by atoms with Gasteiger partial charge in [-0.3, -0.25) is 4.98 Å². The van der Waals surface area contributed by atoms with Gasteiger partial charge in [-0.25, -0.2) is 0 Å². The SMILES string of the molecule is Cc1ccc([C@@H](O)[C@H](N)C(C)C)nc1. The van der Waals surface area contributed by atoms with E-state index < -0.39 is 6.10 Å². The summed E-state index contributed by atoms with van der Waals surface area (Å²) in [7, 11) is 0. The molecule has 0 aliphatic carbocycles. The fourth-order valence-electron chi connectivity index (χ4n) is 1.22. The molecule has 0 bridgehead atoms. The molecular weight excluding hydrogens is 176 g/mol. The molecule has 1 aromatic rings. The summed E-state index contributed by atoms with van der Waals surface area (Å²) in [6.45, 7) is 5.94. The highest BCUT2D eigenvalue weighted by Gasteiger charge is 2.20. The highest BCUT2D eigenvalue weighted by molar-refractivity contribution is 5.15. The number of aryl methyl sites for hydroxylation is 1. The Bertz CT molecular complexity index is 282.